The number of halogens is 4. The van der Waals surface area contributed by atoms with Crippen LogP contribution in [0.1, 0.15) is 36.8 Å². The molecule has 2 atom stereocenters. The number of anilines is 1. The second-order valence-electron chi connectivity index (χ2n) is 7.88. The molecule has 1 saturated heterocycles. The molecule has 1 aliphatic heterocycles. The Morgan fingerprint density at radius 3 is 2.44 bits per heavy atom. The van der Waals surface area contributed by atoms with Crippen molar-refractivity contribution in [2.24, 2.45) is 5.92 Å². The van der Waals surface area contributed by atoms with E-state index < -0.39 is 29.6 Å². The molecule has 1 aromatic heterocycles. The van der Waals surface area contributed by atoms with E-state index >= 15 is 0 Å². The van der Waals surface area contributed by atoms with Crippen LogP contribution < -0.4 is 9.64 Å². The smallest absolute Gasteiger partial charge is 0.422 e. The zero-order valence-electron chi connectivity index (χ0n) is 17.6. The number of carboxylic acid groups (broad SMARTS) is 1. The van der Waals surface area contributed by atoms with E-state index in [9.17, 15) is 23.1 Å². The van der Waals surface area contributed by atoms with Crippen molar-refractivity contribution in [3.05, 3.63) is 52.7 Å². The summed E-state index contributed by atoms with van der Waals surface area (Å²) in [5.74, 6) is -2.17. The topological polar surface area (TPSA) is 82.9 Å². The number of hydrogen-bond donors (Lipinski definition) is 2. The molecule has 3 rings (SSSR count). The minimum Gasteiger partial charge on any atom is -0.497 e. The highest BCUT2D eigenvalue weighted by molar-refractivity contribution is 6.31. The van der Waals surface area contributed by atoms with Crippen molar-refractivity contribution in [2.75, 3.05) is 25.1 Å². The van der Waals surface area contributed by atoms with Gasteiger partial charge in [-0.1, -0.05) is 24.6 Å². The highest BCUT2D eigenvalue weighted by atomic mass is 35.5. The zero-order valence-corrected chi connectivity index (χ0v) is 18.3. The average molecular weight is 473 g/mol. The van der Waals surface area contributed by atoms with Gasteiger partial charge in [-0.2, -0.15) is 13.2 Å². The van der Waals surface area contributed by atoms with Gasteiger partial charge in [-0.15, -0.1) is 0 Å². The summed E-state index contributed by atoms with van der Waals surface area (Å²) in [5, 5.41) is 20.3. The lowest BCUT2D eigenvalue weighted by Crippen LogP contribution is -2.47. The molecule has 2 unspecified atom stereocenters. The highest BCUT2D eigenvalue weighted by Gasteiger charge is 2.59. The molecule has 2 heterocycles. The Kier molecular flexibility index (Phi) is 6.90. The van der Waals surface area contributed by atoms with E-state index in [4.69, 9.17) is 21.4 Å². The van der Waals surface area contributed by atoms with Gasteiger partial charge in [0.2, 0.25) is 0 Å². The fourth-order valence-electron chi connectivity index (χ4n) is 4.05. The number of rotatable bonds is 6. The van der Waals surface area contributed by atoms with Gasteiger partial charge < -0.3 is 19.8 Å². The van der Waals surface area contributed by atoms with E-state index in [0.29, 0.717) is 31.7 Å². The first-order valence-electron chi connectivity index (χ1n) is 10.1. The number of carbonyl (C=O) groups is 1. The summed E-state index contributed by atoms with van der Waals surface area (Å²) in [5.41, 5.74) is -3.48. The zero-order chi connectivity index (χ0) is 23.7. The molecule has 0 bridgehead atoms. The number of ether oxygens (including phenoxy) is 1. The maximum atomic E-state index is 14.3. The van der Waals surface area contributed by atoms with Gasteiger partial charge >= 0.3 is 12.1 Å². The van der Waals surface area contributed by atoms with Crippen LogP contribution in [0.25, 0.3) is 0 Å². The first-order valence-corrected chi connectivity index (χ1v) is 10.4. The number of aromatic nitrogens is 1. The van der Waals surface area contributed by atoms with Gasteiger partial charge in [0.25, 0.3) is 0 Å². The van der Waals surface area contributed by atoms with Crippen molar-refractivity contribution in [3.8, 4) is 5.75 Å². The van der Waals surface area contributed by atoms with Gasteiger partial charge in [0.05, 0.1) is 13.0 Å². The quantitative estimate of drug-likeness (QED) is 0.639. The SMILES string of the molecule is COc1ccc(C(C)C(O)(c2ccnc(N3CCC(C(=O)O)CC3)c2)C(F)(F)F)c(Cl)c1. The van der Waals surface area contributed by atoms with Crippen molar-refractivity contribution >= 4 is 23.4 Å². The van der Waals surface area contributed by atoms with Gasteiger partial charge in [0.1, 0.15) is 11.6 Å². The van der Waals surface area contributed by atoms with E-state index in [1.54, 1.807) is 4.90 Å². The molecule has 1 aliphatic rings. The second-order valence-corrected chi connectivity index (χ2v) is 8.28. The third kappa shape index (κ3) is 4.49. The molecule has 2 N–H and O–H groups in total. The Labute approximate surface area is 188 Å². The molecule has 0 spiro atoms. The lowest BCUT2D eigenvalue weighted by molar-refractivity contribution is -0.274. The minimum absolute atomic E-state index is 0.0459. The van der Waals surface area contributed by atoms with Crippen molar-refractivity contribution in [2.45, 2.75) is 37.5 Å². The normalized spacial score (nSPS) is 18.2. The van der Waals surface area contributed by atoms with E-state index in [1.165, 1.54) is 44.5 Å². The molecule has 0 aliphatic carbocycles. The number of carboxylic acids is 1. The number of aliphatic hydroxyl groups is 1. The monoisotopic (exact) mass is 472 g/mol. The van der Waals surface area contributed by atoms with Crippen LogP contribution in [0.2, 0.25) is 5.02 Å². The van der Waals surface area contributed by atoms with Crippen LogP contribution in [0.15, 0.2) is 36.5 Å². The third-order valence-corrected chi connectivity index (χ3v) is 6.41. The maximum Gasteiger partial charge on any atom is 0.422 e. The summed E-state index contributed by atoms with van der Waals surface area (Å²) in [6, 6.07) is 6.63. The fourth-order valence-corrected chi connectivity index (χ4v) is 4.39. The molecule has 174 valence electrons. The fraction of sp³-hybridized carbons (Fsp3) is 0.455. The number of methoxy groups -OCH3 is 1. The van der Waals surface area contributed by atoms with E-state index in [2.05, 4.69) is 4.98 Å². The minimum atomic E-state index is -5.01. The maximum absolute atomic E-state index is 14.3. The van der Waals surface area contributed by atoms with Crippen molar-refractivity contribution in [1.82, 2.24) is 4.98 Å². The first-order chi connectivity index (χ1) is 15.0. The lowest BCUT2D eigenvalue weighted by Gasteiger charge is -2.38. The summed E-state index contributed by atoms with van der Waals surface area (Å²) in [7, 11) is 1.42. The molecule has 1 fully saturated rings. The summed E-state index contributed by atoms with van der Waals surface area (Å²) in [4.78, 5) is 17.0. The number of alkyl halides is 3. The van der Waals surface area contributed by atoms with Crippen LogP contribution in [0.3, 0.4) is 0 Å². The number of hydrogen-bond acceptors (Lipinski definition) is 5. The molecule has 0 amide bonds. The van der Waals surface area contributed by atoms with Crippen LogP contribution >= 0.6 is 11.6 Å². The van der Waals surface area contributed by atoms with E-state index in [0.717, 1.165) is 6.07 Å². The van der Waals surface area contributed by atoms with Crippen LogP contribution in [-0.2, 0) is 10.4 Å². The van der Waals surface area contributed by atoms with Gasteiger partial charge in [-0.05, 0) is 48.2 Å². The lowest BCUT2D eigenvalue weighted by atomic mass is 9.78. The van der Waals surface area contributed by atoms with Crippen molar-refractivity contribution in [1.29, 1.82) is 0 Å². The molecule has 2 aromatic rings. The molecule has 6 nitrogen and oxygen atoms in total. The predicted molar refractivity (Wildman–Crippen MR) is 113 cm³/mol. The van der Waals surface area contributed by atoms with Gasteiger partial charge in [0.15, 0.2) is 5.60 Å². The number of nitrogens with zero attached hydrogens (tertiary/aromatic N) is 2. The summed E-state index contributed by atoms with van der Waals surface area (Å²) >= 11 is 6.21. The Bertz CT molecular complexity index is 980. The predicted octanol–water partition coefficient (Wildman–Crippen LogP) is 4.60. The van der Waals surface area contributed by atoms with Crippen LogP contribution in [0, 0.1) is 5.92 Å². The Morgan fingerprint density at radius 1 is 1.25 bits per heavy atom. The van der Waals surface area contributed by atoms with Gasteiger partial charge in [0, 0.05) is 30.2 Å². The van der Waals surface area contributed by atoms with Crippen LogP contribution in [0.5, 0.6) is 5.75 Å². The number of pyridine rings is 1. The third-order valence-electron chi connectivity index (χ3n) is 6.09. The van der Waals surface area contributed by atoms with E-state index in [-0.39, 0.29) is 22.0 Å². The molecule has 10 heteroatoms. The molecule has 1 aromatic carbocycles. The number of aliphatic carboxylic acids is 1. The summed E-state index contributed by atoms with van der Waals surface area (Å²) in [6.45, 7) is 1.95. The average Bonchev–Trinajstić information content (AvgIpc) is 2.77. The molecule has 0 saturated carbocycles. The van der Waals surface area contributed by atoms with Crippen LogP contribution in [-0.4, -0.2) is 47.5 Å². The number of benzene rings is 1. The molecular formula is C22H24ClF3N2O4. The van der Waals surface area contributed by atoms with E-state index in [1.807, 2.05) is 0 Å². The van der Waals surface area contributed by atoms with Gasteiger partial charge in [-0.25, -0.2) is 4.98 Å². The summed E-state index contributed by atoms with van der Waals surface area (Å²) < 4.78 is 48.0. The summed E-state index contributed by atoms with van der Waals surface area (Å²) in [6.07, 6.45) is -3.07. The largest absolute Gasteiger partial charge is 0.497 e. The van der Waals surface area contributed by atoms with Crippen LogP contribution in [0.4, 0.5) is 19.0 Å². The Morgan fingerprint density at radius 2 is 1.91 bits per heavy atom. The Balaban J connectivity index is 1.98. The molecular weight excluding hydrogens is 449 g/mol. The first kappa shape index (κ1) is 24.1. The molecule has 0 radical (unpaired) electrons. The van der Waals surface area contributed by atoms with Crippen molar-refractivity contribution in [3.63, 3.8) is 0 Å². The number of piperidine rings is 1. The Hall–Kier alpha value is -2.52. The standard InChI is InChI=1S/C22H24ClF3N2O4/c1-13(17-4-3-16(32-2)12-18(17)23)21(31,22(24,25)26)15-5-8-27-19(11-15)28-9-6-14(7-10-28)20(29)30/h3-5,8,11-14,31H,6-7,9-10H2,1-2H3,(H,29,30). The van der Waals surface area contributed by atoms with Crippen molar-refractivity contribution < 1.29 is 32.9 Å². The second kappa shape index (κ2) is 9.15. The highest BCUT2D eigenvalue weighted by Crippen LogP contribution is 2.50. The molecule has 32 heavy (non-hydrogen) atoms. The van der Waals surface area contributed by atoms with Gasteiger partial charge in [-0.3, -0.25) is 4.79 Å².